The van der Waals surface area contributed by atoms with Crippen molar-refractivity contribution in [2.24, 2.45) is 5.92 Å². The second-order valence-corrected chi connectivity index (χ2v) is 7.89. The van der Waals surface area contributed by atoms with E-state index in [4.69, 9.17) is 0 Å². The molecule has 2 amide bonds. The Morgan fingerprint density at radius 3 is 2.06 bits per heavy atom. The molecular formula is C23H20F4N2O3. The Morgan fingerprint density at radius 1 is 0.906 bits per heavy atom. The minimum atomic E-state index is -4.85. The highest BCUT2D eigenvalue weighted by atomic mass is 19.4. The predicted molar refractivity (Wildman–Crippen MR) is 109 cm³/mol. The Morgan fingerprint density at radius 2 is 1.50 bits per heavy atom. The summed E-state index contributed by atoms with van der Waals surface area (Å²) in [5.41, 5.74) is 0.900. The van der Waals surface area contributed by atoms with Crippen LogP contribution in [0.3, 0.4) is 0 Å². The zero-order chi connectivity index (χ0) is 23.0. The van der Waals surface area contributed by atoms with Crippen molar-refractivity contribution >= 4 is 23.1 Å². The van der Waals surface area contributed by atoms with Gasteiger partial charge in [-0.15, -0.1) is 13.2 Å². The first-order chi connectivity index (χ1) is 15.1. The Labute approximate surface area is 181 Å². The van der Waals surface area contributed by atoms with Crippen LogP contribution in [0, 0.1) is 11.7 Å². The molecule has 0 unspecified atom stereocenters. The van der Waals surface area contributed by atoms with Crippen LogP contribution in [0.25, 0.3) is 5.57 Å². The number of halogens is 4. The summed E-state index contributed by atoms with van der Waals surface area (Å²) in [5, 5.41) is 0. The first-order valence-corrected chi connectivity index (χ1v) is 10.1. The van der Waals surface area contributed by atoms with Gasteiger partial charge < -0.3 is 9.64 Å². The summed E-state index contributed by atoms with van der Waals surface area (Å²) in [6, 6.07) is 9.83. The highest BCUT2D eigenvalue weighted by Gasteiger charge is 2.43. The highest BCUT2D eigenvalue weighted by Crippen LogP contribution is 2.37. The second kappa shape index (κ2) is 8.29. The molecule has 0 aliphatic carbocycles. The van der Waals surface area contributed by atoms with E-state index in [2.05, 4.69) is 11.7 Å². The molecule has 168 valence electrons. The molecule has 2 aromatic carbocycles. The molecule has 0 aromatic heterocycles. The zero-order valence-electron chi connectivity index (χ0n) is 17.2. The largest absolute Gasteiger partial charge is 0.573 e. The number of carbonyl (C=O) groups is 2. The number of carbonyl (C=O) groups excluding carboxylic acids is 2. The molecule has 32 heavy (non-hydrogen) atoms. The Bertz CT molecular complexity index is 1050. The van der Waals surface area contributed by atoms with Crippen molar-refractivity contribution in [1.29, 1.82) is 0 Å². The number of anilines is 1. The highest BCUT2D eigenvalue weighted by molar-refractivity contribution is 6.45. The summed E-state index contributed by atoms with van der Waals surface area (Å²) in [7, 11) is 0. The van der Waals surface area contributed by atoms with Crippen molar-refractivity contribution in [3.05, 3.63) is 65.6 Å². The number of hydrogen-bond donors (Lipinski definition) is 0. The number of alkyl halides is 3. The van der Waals surface area contributed by atoms with E-state index >= 15 is 0 Å². The van der Waals surface area contributed by atoms with E-state index in [9.17, 15) is 27.2 Å². The van der Waals surface area contributed by atoms with E-state index < -0.39 is 29.7 Å². The lowest BCUT2D eigenvalue weighted by Gasteiger charge is -2.32. The van der Waals surface area contributed by atoms with Gasteiger partial charge in [-0.1, -0.05) is 19.1 Å². The Kier molecular flexibility index (Phi) is 5.66. The number of amides is 2. The summed E-state index contributed by atoms with van der Waals surface area (Å²) in [5.74, 6) is -1.62. The van der Waals surface area contributed by atoms with E-state index in [1.54, 1.807) is 0 Å². The van der Waals surface area contributed by atoms with Gasteiger partial charge in [0.2, 0.25) is 0 Å². The SMILES string of the molecule is CC1CCN(C2=C(c3ccc(F)cc3)C(=O)N(c3ccc(OC(F)(F)F)cc3)C2=O)CC1. The normalized spacial score (nSPS) is 18.0. The summed E-state index contributed by atoms with van der Waals surface area (Å²) in [4.78, 5) is 29.5. The molecule has 5 nitrogen and oxygen atoms in total. The van der Waals surface area contributed by atoms with E-state index in [-0.39, 0.29) is 17.0 Å². The number of benzene rings is 2. The van der Waals surface area contributed by atoms with E-state index in [0.717, 1.165) is 29.9 Å². The monoisotopic (exact) mass is 448 g/mol. The summed E-state index contributed by atoms with van der Waals surface area (Å²) in [6.07, 6.45) is -3.15. The van der Waals surface area contributed by atoms with Crippen molar-refractivity contribution < 1.29 is 31.9 Å². The molecule has 0 radical (unpaired) electrons. The fourth-order valence-corrected chi connectivity index (χ4v) is 3.95. The van der Waals surface area contributed by atoms with Crippen molar-refractivity contribution in [3.63, 3.8) is 0 Å². The molecule has 0 N–H and O–H groups in total. The minimum absolute atomic E-state index is 0.120. The fourth-order valence-electron chi connectivity index (χ4n) is 3.95. The second-order valence-electron chi connectivity index (χ2n) is 7.89. The summed E-state index contributed by atoms with van der Waals surface area (Å²) in [6.45, 7) is 3.30. The van der Waals surface area contributed by atoms with Crippen LogP contribution in [0.1, 0.15) is 25.3 Å². The number of rotatable bonds is 4. The van der Waals surface area contributed by atoms with Gasteiger partial charge in [0, 0.05) is 13.1 Å². The molecule has 1 fully saturated rings. The quantitative estimate of drug-likeness (QED) is 0.501. The van der Waals surface area contributed by atoms with Crippen LogP contribution in [0.5, 0.6) is 5.75 Å². The number of ether oxygens (including phenoxy) is 1. The van der Waals surface area contributed by atoms with Gasteiger partial charge in [0.1, 0.15) is 17.3 Å². The molecular weight excluding hydrogens is 428 g/mol. The molecule has 9 heteroatoms. The molecule has 0 atom stereocenters. The molecule has 2 aliphatic heterocycles. The van der Waals surface area contributed by atoms with Gasteiger partial charge in [-0.2, -0.15) is 0 Å². The average Bonchev–Trinajstić information content (AvgIpc) is 2.99. The van der Waals surface area contributed by atoms with Gasteiger partial charge in [-0.3, -0.25) is 9.59 Å². The maximum absolute atomic E-state index is 13.5. The van der Waals surface area contributed by atoms with Crippen LogP contribution >= 0.6 is 0 Å². The maximum Gasteiger partial charge on any atom is 0.573 e. The number of imide groups is 1. The van der Waals surface area contributed by atoms with E-state index in [0.29, 0.717) is 24.6 Å². The van der Waals surface area contributed by atoms with Crippen LogP contribution in [0.15, 0.2) is 54.2 Å². The van der Waals surface area contributed by atoms with Crippen LogP contribution in [-0.4, -0.2) is 36.2 Å². The van der Waals surface area contributed by atoms with Gasteiger partial charge in [0.05, 0.1) is 11.3 Å². The van der Waals surface area contributed by atoms with Crippen LogP contribution < -0.4 is 9.64 Å². The summed E-state index contributed by atoms with van der Waals surface area (Å²) >= 11 is 0. The first-order valence-electron chi connectivity index (χ1n) is 10.1. The van der Waals surface area contributed by atoms with Crippen molar-refractivity contribution in [2.75, 3.05) is 18.0 Å². The van der Waals surface area contributed by atoms with Crippen molar-refractivity contribution in [3.8, 4) is 5.75 Å². The molecule has 4 rings (SSSR count). The third-order valence-electron chi connectivity index (χ3n) is 5.62. The predicted octanol–water partition coefficient (Wildman–Crippen LogP) is 4.74. The first kappa shape index (κ1) is 21.9. The van der Waals surface area contributed by atoms with Gasteiger partial charge in [-0.25, -0.2) is 9.29 Å². The lowest BCUT2D eigenvalue weighted by atomic mass is 9.97. The fraction of sp³-hybridized carbons (Fsp3) is 0.304. The Hall–Kier alpha value is -3.36. The average molecular weight is 448 g/mol. The van der Waals surface area contributed by atoms with Crippen LogP contribution in [0.4, 0.5) is 23.2 Å². The van der Waals surface area contributed by atoms with Crippen molar-refractivity contribution in [2.45, 2.75) is 26.1 Å². The minimum Gasteiger partial charge on any atom is -0.406 e. The Balaban J connectivity index is 1.71. The van der Waals surface area contributed by atoms with Crippen LogP contribution in [0.2, 0.25) is 0 Å². The number of nitrogens with zero attached hydrogens (tertiary/aromatic N) is 2. The van der Waals surface area contributed by atoms with E-state index in [1.807, 2.05) is 4.90 Å². The lowest BCUT2D eigenvalue weighted by Crippen LogP contribution is -2.38. The molecule has 1 saturated heterocycles. The van der Waals surface area contributed by atoms with Crippen molar-refractivity contribution in [1.82, 2.24) is 4.90 Å². The molecule has 0 spiro atoms. The molecule has 2 heterocycles. The zero-order valence-corrected chi connectivity index (χ0v) is 17.2. The molecule has 2 aromatic rings. The maximum atomic E-state index is 13.5. The van der Waals surface area contributed by atoms with Gasteiger partial charge in [0.15, 0.2) is 0 Å². The topological polar surface area (TPSA) is 49.9 Å². The molecule has 0 bridgehead atoms. The third kappa shape index (κ3) is 4.32. The van der Waals surface area contributed by atoms with E-state index in [1.165, 1.54) is 36.4 Å². The number of hydrogen-bond acceptors (Lipinski definition) is 4. The summed E-state index contributed by atoms with van der Waals surface area (Å²) < 4.78 is 54.6. The van der Waals surface area contributed by atoms with Gasteiger partial charge in [-0.05, 0) is 60.7 Å². The number of piperidine rings is 1. The smallest absolute Gasteiger partial charge is 0.406 e. The van der Waals surface area contributed by atoms with Gasteiger partial charge >= 0.3 is 6.36 Å². The third-order valence-corrected chi connectivity index (χ3v) is 5.62. The molecule has 2 aliphatic rings. The van der Waals surface area contributed by atoms with Crippen LogP contribution in [-0.2, 0) is 9.59 Å². The standard InChI is InChI=1S/C23H20F4N2O3/c1-14-10-12-28(13-11-14)20-19(15-2-4-16(24)5-3-15)21(30)29(22(20)31)17-6-8-18(9-7-17)32-23(25,26)27/h2-9,14H,10-13H2,1H3. The lowest BCUT2D eigenvalue weighted by molar-refractivity contribution is -0.274. The molecule has 0 saturated carbocycles. The van der Waals surface area contributed by atoms with Gasteiger partial charge in [0.25, 0.3) is 11.8 Å². The number of likely N-dealkylation sites (tertiary alicyclic amines) is 1.